The van der Waals surface area contributed by atoms with Crippen LogP contribution in [0.2, 0.25) is 0 Å². The van der Waals surface area contributed by atoms with Crippen molar-refractivity contribution in [3.05, 3.63) is 24.3 Å². The summed E-state index contributed by atoms with van der Waals surface area (Å²) in [5.41, 5.74) is -1.22. The van der Waals surface area contributed by atoms with Crippen molar-refractivity contribution in [1.29, 1.82) is 0 Å². The van der Waals surface area contributed by atoms with Gasteiger partial charge in [-0.15, -0.1) is 0 Å². The van der Waals surface area contributed by atoms with E-state index in [0.29, 0.717) is 6.42 Å². The summed E-state index contributed by atoms with van der Waals surface area (Å²) in [6.45, 7) is 2.04. The highest BCUT2D eigenvalue weighted by atomic mass is 16.3. The summed E-state index contributed by atoms with van der Waals surface area (Å²) in [6.07, 6.45) is 8.78. The first kappa shape index (κ1) is 9.20. The number of rotatable bonds is 3. The number of carbonyl (C=O) groups excluding carboxylic acids is 1. The number of allylic oxidation sites excluding steroid dienone is 2. The molecule has 0 aromatic carbocycles. The zero-order valence-electron chi connectivity index (χ0n) is 7.29. The smallest absolute Gasteiger partial charge is 0.191 e. The monoisotopic (exact) mass is 166 g/mol. The summed E-state index contributed by atoms with van der Waals surface area (Å²) in [5.74, 6) is -0.196. The standard InChI is InChI=1S/C10H14O2/c1-2-3-7-10(12)8-5-4-6-9(10)11/h4-6,8,12H,2-3,7H2,1H3. The van der Waals surface area contributed by atoms with Crippen LogP contribution >= 0.6 is 0 Å². The zero-order valence-corrected chi connectivity index (χ0v) is 7.29. The van der Waals surface area contributed by atoms with Crippen LogP contribution < -0.4 is 0 Å². The molecule has 0 spiro atoms. The van der Waals surface area contributed by atoms with E-state index in [1.165, 1.54) is 6.08 Å². The van der Waals surface area contributed by atoms with Crippen molar-refractivity contribution < 1.29 is 9.90 Å². The molecule has 0 fully saturated rings. The van der Waals surface area contributed by atoms with Gasteiger partial charge in [0.25, 0.3) is 0 Å². The van der Waals surface area contributed by atoms with Gasteiger partial charge in [0.2, 0.25) is 0 Å². The van der Waals surface area contributed by atoms with Gasteiger partial charge in [-0.2, -0.15) is 0 Å². The number of ketones is 1. The average molecular weight is 166 g/mol. The molecule has 1 rings (SSSR count). The van der Waals surface area contributed by atoms with Crippen LogP contribution in [0.15, 0.2) is 24.3 Å². The van der Waals surface area contributed by atoms with Crippen LogP contribution in [0.3, 0.4) is 0 Å². The third-order valence-electron chi connectivity index (χ3n) is 2.07. The maximum atomic E-state index is 11.2. The lowest BCUT2D eigenvalue weighted by molar-refractivity contribution is -0.128. The predicted molar refractivity (Wildman–Crippen MR) is 47.8 cm³/mol. The fourth-order valence-electron chi connectivity index (χ4n) is 1.24. The molecule has 0 radical (unpaired) electrons. The Hall–Kier alpha value is -0.890. The van der Waals surface area contributed by atoms with Gasteiger partial charge >= 0.3 is 0 Å². The van der Waals surface area contributed by atoms with Crippen LogP contribution in [0.4, 0.5) is 0 Å². The van der Waals surface area contributed by atoms with Gasteiger partial charge in [0.05, 0.1) is 0 Å². The summed E-state index contributed by atoms with van der Waals surface area (Å²) in [6, 6.07) is 0. The van der Waals surface area contributed by atoms with Gasteiger partial charge in [0.1, 0.15) is 5.60 Å². The number of unbranched alkanes of at least 4 members (excludes halogenated alkanes) is 1. The summed E-state index contributed by atoms with van der Waals surface area (Å²) < 4.78 is 0. The van der Waals surface area contributed by atoms with Crippen molar-refractivity contribution in [3.8, 4) is 0 Å². The van der Waals surface area contributed by atoms with Crippen molar-refractivity contribution >= 4 is 5.78 Å². The van der Waals surface area contributed by atoms with Crippen LogP contribution in [0, 0.1) is 0 Å². The molecule has 2 heteroatoms. The molecule has 0 saturated heterocycles. The molecule has 1 atom stereocenters. The van der Waals surface area contributed by atoms with E-state index in [0.717, 1.165) is 12.8 Å². The molecule has 0 amide bonds. The van der Waals surface area contributed by atoms with Gasteiger partial charge in [-0.3, -0.25) is 4.79 Å². The third kappa shape index (κ3) is 1.83. The molecule has 12 heavy (non-hydrogen) atoms. The lowest BCUT2D eigenvalue weighted by atomic mass is 9.89. The van der Waals surface area contributed by atoms with E-state index in [1.54, 1.807) is 18.2 Å². The third-order valence-corrected chi connectivity index (χ3v) is 2.07. The van der Waals surface area contributed by atoms with Crippen LogP contribution in [0.1, 0.15) is 26.2 Å². The number of hydrogen-bond donors (Lipinski definition) is 1. The average Bonchev–Trinajstić information content (AvgIpc) is 2.07. The van der Waals surface area contributed by atoms with Crippen LogP contribution in [0.25, 0.3) is 0 Å². The van der Waals surface area contributed by atoms with Crippen LogP contribution in [0.5, 0.6) is 0 Å². The largest absolute Gasteiger partial charge is 0.378 e. The molecule has 2 nitrogen and oxygen atoms in total. The Labute approximate surface area is 72.6 Å². The molecule has 0 heterocycles. The highest BCUT2D eigenvalue weighted by Gasteiger charge is 2.31. The Bertz CT molecular complexity index is 228. The van der Waals surface area contributed by atoms with E-state index >= 15 is 0 Å². The van der Waals surface area contributed by atoms with E-state index in [1.807, 2.05) is 6.92 Å². The van der Waals surface area contributed by atoms with Gasteiger partial charge < -0.3 is 5.11 Å². The SMILES string of the molecule is CCCCC1(O)C=CC=CC1=O. The van der Waals surface area contributed by atoms with Crippen molar-refractivity contribution in [3.63, 3.8) is 0 Å². The molecule has 0 aliphatic heterocycles. The topological polar surface area (TPSA) is 37.3 Å². The second-order valence-corrected chi connectivity index (χ2v) is 3.11. The lowest BCUT2D eigenvalue weighted by Gasteiger charge is -2.22. The molecule has 1 unspecified atom stereocenters. The van der Waals surface area contributed by atoms with Crippen molar-refractivity contribution in [1.82, 2.24) is 0 Å². The Morgan fingerprint density at radius 3 is 2.83 bits per heavy atom. The van der Waals surface area contributed by atoms with Gasteiger partial charge in [0.15, 0.2) is 5.78 Å². The number of aliphatic hydroxyl groups is 1. The molecular formula is C10H14O2. The van der Waals surface area contributed by atoms with E-state index in [-0.39, 0.29) is 5.78 Å². The molecule has 0 bridgehead atoms. The summed E-state index contributed by atoms with van der Waals surface area (Å²) in [7, 11) is 0. The van der Waals surface area contributed by atoms with E-state index in [2.05, 4.69) is 0 Å². The highest BCUT2D eigenvalue weighted by Crippen LogP contribution is 2.20. The second kappa shape index (κ2) is 3.68. The van der Waals surface area contributed by atoms with Gasteiger partial charge in [0, 0.05) is 0 Å². The molecule has 1 aliphatic rings. The van der Waals surface area contributed by atoms with Crippen molar-refractivity contribution in [2.24, 2.45) is 0 Å². The molecule has 1 aliphatic carbocycles. The molecule has 66 valence electrons. The van der Waals surface area contributed by atoms with Gasteiger partial charge in [-0.1, -0.05) is 31.9 Å². The number of hydrogen-bond acceptors (Lipinski definition) is 2. The molecule has 0 aromatic rings. The van der Waals surface area contributed by atoms with E-state index in [9.17, 15) is 9.90 Å². The minimum Gasteiger partial charge on any atom is -0.378 e. The minimum absolute atomic E-state index is 0.196. The Morgan fingerprint density at radius 1 is 1.50 bits per heavy atom. The minimum atomic E-state index is -1.22. The van der Waals surface area contributed by atoms with Gasteiger partial charge in [-0.05, 0) is 18.6 Å². The molecule has 0 saturated carbocycles. The normalized spacial score (nSPS) is 28.0. The first-order chi connectivity index (χ1) is 5.69. The van der Waals surface area contributed by atoms with Gasteiger partial charge in [-0.25, -0.2) is 0 Å². The van der Waals surface area contributed by atoms with Crippen molar-refractivity contribution in [2.45, 2.75) is 31.8 Å². The fraction of sp³-hybridized carbons (Fsp3) is 0.500. The first-order valence-electron chi connectivity index (χ1n) is 4.32. The van der Waals surface area contributed by atoms with Crippen molar-refractivity contribution in [2.75, 3.05) is 0 Å². The molecular weight excluding hydrogens is 152 g/mol. The molecule has 1 N–H and O–H groups in total. The maximum absolute atomic E-state index is 11.2. The number of carbonyl (C=O) groups is 1. The quantitative estimate of drug-likeness (QED) is 0.691. The predicted octanol–water partition coefficient (Wildman–Crippen LogP) is 1.60. The Kier molecular flexibility index (Phi) is 2.82. The molecule has 0 aromatic heterocycles. The second-order valence-electron chi connectivity index (χ2n) is 3.11. The Morgan fingerprint density at radius 2 is 2.25 bits per heavy atom. The summed E-state index contributed by atoms with van der Waals surface area (Å²) in [4.78, 5) is 11.2. The van der Waals surface area contributed by atoms with E-state index in [4.69, 9.17) is 0 Å². The first-order valence-corrected chi connectivity index (χ1v) is 4.32. The summed E-state index contributed by atoms with van der Waals surface area (Å²) in [5, 5.41) is 9.78. The Balaban J connectivity index is 2.63. The fourth-order valence-corrected chi connectivity index (χ4v) is 1.24. The zero-order chi connectivity index (χ0) is 9.03. The lowest BCUT2D eigenvalue weighted by Crippen LogP contribution is -2.36. The van der Waals surface area contributed by atoms with E-state index < -0.39 is 5.60 Å². The van der Waals surface area contributed by atoms with Crippen LogP contribution in [-0.2, 0) is 4.79 Å². The summed E-state index contributed by atoms with van der Waals surface area (Å²) >= 11 is 0. The highest BCUT2D eigenvalue weighted by molar-refractivity contribution is 5.99. The maximum Gasteiger partial charge on any atom is 0.191 e. The van der Waals surface area contributed by atoms with Crippen LogP contribution in [-0.4, -0.2) is 16.5 Å².